The third-order valence-electron chi connectivity index (χ3n) is 6.41. The van der Waals surface area contributed by atoms with Gasteiger partial charge in [-0.2, -0.15) is 10.2 Å². The SMILES string of the molecule is CCCC/C=N/N=C/C1=CC=CC(NC(=O)c2cc3c(cc2OC)CCN(C(=O)OC2CCOC2)C3)N1. The Morgan fingerprint density at radius 1 is 1.30 bits per heavy atom. The molecule has 0 bridgehead atoms. The predicted octanol–water partition coefficient (Wildman–Crippen LogP) is 3.32. The second kappa shape index (κ2) is 13.0. The number of allylic oxidation sites excluding steroid dienone is 3. The van der Waals surface area contributed by atoms with Crippen molar-refractivity contribution < 1.29 is 23.8 Å². The number of carbonyl (C=O) groups is 2. The van der Waals surface area contributed by atoms with Gasteiger partial charge in [0.25, 0.3) is 5.91 Å². The van der Waals surface area contributed by atoms with Crippen molar-refractivity contribution in [1.29, 1.82) is 0 Å². The summed E-state index contributed by atoms with van der Waals surface area (Å²) >= 11 is 0. The molecule has 0 aliphatic carbocycles. The lowest BCUT2D eigenvalue weighted by molar-refractivity contribution is 0.0516. The van der Waals surface area contributed by atoms with Crippen molar-refractivity contribution in [2.75, 3.05) is 26.9 Å². The molecule has 0 spiro atoms. The minimum absolute atomic E-state index is 0.195. The van der Waals surface area contributed by atoms with Crippen molar-refractivity contribution in [2.45, 2.75) is 57.8 Å². The van der Waals surface area contributed by atoms with Gasteiger partial charge in [-0.1, -0.05) is 19.4 Å². The number of unbranched alkanes of at least 4 members (excludes halogenated alkanes) is 2. The van der Waals surface area contributed by atoms with Gasteiger partial charge in [-0.05, 0) is 54.7 Å². The van der Waals surface area contributed by atoms with Crippen molar-refractivity contribution in [3.63, 3.8) is 0 Å². The zero-order valence-electron chi connectivity index (χ0n) is 21.4. The van der Waals surface area contributed by atoms with E-state index in [1.807, 2.05) is 24.3 Å². The second-order valence-corrected chi connectivity index (χ2v) is 9.15. The Hall–Kier alpha value is -3.66. The topological polar surface area (TPSA) is 114 Å². The summed E-state index contributed by atoms with van der Waals surface area (Å²) in [4.78, 5) is 27.5. The Kier molecular flexibility index (Phi) is 9.31. The second-order valence-electron chi connectivity index (χ2n) is 9.15. The molecule has 1 aromatic carbocycles. The van der Waals surface area contributed by atoms with E-state index in [-0.39, 0.29) is 18.1 Å². The molecular weight excluding hydrogens is 474 g/mol. The summed E-state index contributed by atoms with van der Waals surface area (Å²) in [5.74, 6) is 0.203. The highest BCUT2D eigenvalue weighted by Gasteiger charge is 2.28. The van der Waals surface area contributed by atoms with Crippen molar-refractivity contribution in [1.82, 2.24) is 15.5 Å². The average Bonchev–Trinajstić information content (AvgIpc) is 3.42. The molecule has 2 unspecified atom stereocenters. The first kappa shape index (κ1) is 26.4. The maximum atomic E-state index is 13.2. The van der Waals surface area contributed by atoms with Gasteiger partial charge in [0.05, 0.1) is 37.8 Å². The van der Waals surface area contributed by atoms with Crippen molar-refractivity contribution in [3.05, 3.63) is 52.7 Å². The van der Waals surface area contributed by atoms with Gasteiger partial charge in [0.15, 0.2) is 0 Å². The third kappa shape index (κ3) is 7.19. The molecule has 2 amide bonds. The minimum Gasteiger partial charge on any atom is -0.496 e. The van der Waals surface area contributed by atoms with Crippen LogP contribution in [0.3, 0.4) is 0 Å². The van der Waals surface area contributed by atoms with E-state index in [9.17, 15) is 9.59 Å². The van der Waals surface area contributed by atoms with Crippen LogP contribution in [0.5, 0.6) is 5.75 Å². The van der Waals surface area contributed by atoms with Crippen LogP contribution < -0.4 is 15.4 Å². The van der Waals surface area contributed by atoms with E-state index in [2.05, 4.69) is 27.8 Å². The zero-order valence-corrected chi connectivity index (χ0v) is 21.4. The lowest BCUT2D eigenvalue weighted by atomic mass is 9.96. The molecule has 3 aliphatic heterocycles. The van der Waals surface area contributed by atoms with E-state index in [4.69, 9.17) is 14.2 Å². The molecule has 3 heterocycles. The number of nitrogens with one attached hydrogen (secondary N) is 2. The van der Waals surface area contributed by atoms with E-state index < -0.39 is 6.17 Å². The molecule has 10 heteroatoms. The molecular formula is C27H35N5O5. The number of dihydropyridines is 1. The Morgan fingerprint density at radius 2 is 2.19 bits per heavy atom. The molecule has 2 atom stereocenters. The van der Waals surface area contributed by atoms with Gasteiger partial charge in [0, 0.05) is 25.7 Å². The smallest absolute Gasteiger partial charge is 0.410 e. The fourth-order valence-electron chi connectivity index (χ4n) is 4.34. The number of carbonyl (C=O) groups excluding carboxylic acids is 2. The monoisotopic (exact) mass is 509 g/mol. The molecule has 0 aromatic heterocycles. The number of fused-ring (bicyclic) bond motifs is 1. The van der Waals surface area contributed by atoms with E-state index >= 15 is 0 Å². The van der Waals surface area contributed by atoms with E-state index in [1.54, 1.807) is 30.5 Å². The summed E-state index contributed by atoms with van der Waals surface area (Å²) < 4.78 is 16.4. The molecule has 37 heavy (non-hydrogen) atoms. The van der Waals surface area contributed by atoms with Crippen LogP contribution in [0, 0.1) is 0 Å². The maximum absolute atomic E-state index is 13.2. The van der Waals surface area contributed by atoms with Crippen LogP contribution in [0.1, 0.15) is 54.1 Å². The molecule has 198 valence electrons. The lowest BCUT2D eigenvalue weighted by Crippen LogP contribution is -2.45. The van der Waals surface area contributed by atoms with Crippen LogP contribution >= 0.6 is 0 Å². The van der Waals surface area contributed by atoms with Crippen molar-refractivity contribution in [2.24, 2.45) is 10.2 Å². The first-order chi connectivity index (χ1) is 18.1. The first-order valence-electron chi connectivity index (χ1n) is 12.8. The number of nitrogens with zero attached hydrogens (tertiary/aromatic N) is 3. The van der Waals surface area contributed by atoms with Crippen LogP contribution in [0.15, 0.2) is 46.3 Å². The van der Waals surface area contributed by atoms with Crippen LogP contribution in [0.2, 0.25) is 0 Å². The van der Waals surface area contributed by atoms with E-state index in [0.717, 1.165) is 42.5 Å². The summed E-state index contributed by atoms with van der Waals surface area (Å²) in [5.41, 5.74) is 3.09. The highest BCUT2D eigenvalue weighted by Crippen LogP contribution is 2.29. The van der Waals surface area contributed by atoms with Gasteiger partial charge in [-0.3, -0.25) is 4.79 Å². The number of rotatable bonds is 9. The summed E-state index contributed by atoms with van der Waals surface area (Å²) in [6.07, 6.45) is 12.5. The number of amides is 2. The Balaban J connectivity index is 1.38. The van der Waals surface area contributed by atoms with Gasteiger partial charge >= 0.3 is 6.09 Å². The molecule has 3 aliphatic rings. The Labute approximate surface area is 217 Å². The summed E-state index contributed by atoms with van der Waals surface area (Å²) in [6.45, 7) is 4.10. The summed E-state index contributed by atoms with van der Waals surface area (Å²) in [6, 6.07) is 3.69. The Bertz CT molecular complexity index is 1090. The van der Waals surface area contributed by atoms with Crippen LogP contribution in [0.25, 0.3) is 0 Å². The molecule has 1 fully saturated rings. The van der Waals surface area contributed by atoms with Gasteiger partial charge in [-0.25, -0.2) is 4.79 Å². The van der Waals surface area contributed by atoms with Gasteiger partial charge in [0.2, 0.25) is 0 Å². The number of methoxy groups -OCH3 is 1. The molecule has 1 saturated heterocycles. The third-order valence-corrected chi connectivity index (χ3v) is 6.41. The van der Waals surface area contributed by atoms with Crippen molar-refractivity contribution in [3.8, 4) is 5.75 Å². The highest BCUT2D eigenvalue weighted by molar-refractivity contribution is 5.97. The molecule has 4 rings (SSSR count). The lowest BCUT2D eigenvalue weighted by Gasteiger charge is -2.30. The van der Waals surface area contributed by atoms with Crippen molar-refractivity contribution >= 4 is 24.4 Å². The normalized spacial score (nSPS) is 21.0. The van der Waals surface area contributed by atoms with Crippen LogP contribution in [-0.2, 0) is 22.4 Å². The van der Waals surface area contributed by atoms with Crippen LogP contribution in [-0.4, -0.2) is 68.5 Å². The molecule has 1 aromatic rings. The fraction of sp³-hybridized carbons (Fsp3) is 0.481. The van der Waals surface area contributed by atoms with E-state index in [1.165, 1.54) is 0 Å². The largest absolute Gasteiger partial charge is 0.496 e. The minimum atomic E-state index is -0.427. The maximum Gasteiger partial charge on any atom is 0.410 e. The Morgan fingerprint density at radius 3 is 2.97 bits per heavy atom. The molecule has 0 radical (unpaired) electrons. The summed E-state index contributed by atoms with van der Waals surface area (Å²) in [7, 11) is 1.55. The van der Waals surface area contributed by atoms with Gasteiger partial charge < -0.3 is 29.7 Å². The number of benzene rings is 1. The number of ether oxygens (including phenoxy) is 3. The zero-order chi connectivity index (χ0) is 26.0. The molecule has 2 N–H and O–H groups in total. The quantitative estimate of drug-likeness (QED) is 0.300. The summed E-state index contributed by atoms with van der Waals surface area (Å²) in [5, 5.41) is 14.3. The standard InChI is InChI=1S/C27H35N5O5/c1-3-4-5-11-28-29-16-21-7-6-8-25(30-21)31-26(33)23-14-20-17-32(12-9-19(20)15-24(23)35-2)27(34)37-22-10-13-36-18-22/h6-8,11,14-16,22,25,30H,3-5,9-10,12-13,17-18H2,1-2H3,(H,31,33)/b28-11+,29-16+. The number of hydrogen-bond acceptors (Lipinski definition) is 8. The fourth-order valence-corrected chi connectivity index (χ4v) is 4.34. The first-order valence-corrected chi connectivity index (χ1v) is 12.8. The molecule has 0 saturated carbocycles. The predicted molar refractivity (Wildman–Crippen MR) is 141 cm³/mol. The van der Waals surface area contributed by atoms with Gasteiger partial charge in [-0.15, -0.1) is 0 Å². The highest BCUT2D eigenvalue weighted by atomic mass is 16.6. The van der Waals surface area contributed by atoms with Crippen LogP contribution in [0.4, 0.5) is 4.79 Å². The number of hydrogen-bond donors (Lipinski definition) is 2. The van der Waals surface area contributed by atoms with E-state index in [0.29, 0.717) is 44.0 Å². The van der Waals surface area contributed by atoms with Gasteiger partial charge in [0.1, 0.15) is 18.0 Å². The average molecular weight is 510 g/mol. The molecule has 10 nitrogen and oxygen atoms in total.